The lowest BCUT2D eigenvalue weighted by molar-refractivity contribution is -0.122. The van der Waals surface area contributed by atoms with Crippen molar-refractivity contribution in [2.45, 2.75) is 33.1 Å². The predicted molar refractivity (Wildman–Crippen MR) is 114 cm³/mol. The molecule has 6 nitrogen and oxygen atoms in total. The number of amides is 2. The molecule has 154 valence electrons. The van der Waals surface area contributed by atoms with Crippen LogP contribution in [-0.4, -0.2) is 32.6 Å². The molecule has 1 saturated heterocycles. The fourth-order valence-corrected chi connectivity index (χ4v) is 3.75. The molecule has 2 aromatic carbocycles. The van der Waals surface area contributed by atoms with Gasteiger partial charge in [-0.2, -0.15) is 0 Å². The summed E-state index contributed by atoms with van der Waals surface area (Å²) in [6.07, 6.45) is 0.191. The van der Waals surface area contributed by atoms with E-state index in [1.54, 1.807) is 30.2 Å². The van der Waals surface area contributed by atoms with E-state index in [0.29, 0.717) is 23.7 Å². The van der Waals surface area contributed by atoms with Crippen LogP contribution in [0.15, 0.2) is 36.4 Å². The van der Waals surface area contributed by atoms with E-state index >= 15 is 0 Å². The molecule has 1 N–H and O–H groups in total. The van der Waals surface area contributed by atoms with Crippen LogP contribution in [0.2, 0.25) is 0 Å². The Kier molecular flexibility index (Phi) is 6.11. The van der Waals surface area contributed by atoms with Gasteiger partial charge >= 0.3 is 0 Å². The SMILES string of the molecule is COc1ccc(NC(=O)C2CC(=O)N(c3c(C)cccc3C(C)C)C2)c(OC)c1. The Labute approximate surface area is 171 Å². The van der Waals surface area contributed by atoms with Crippen LogP contribution in [0.25, 0.3) is 0 Å². The third-order valence-electron chi connectivity index (χ3n) is 5.32. The van der Waals surface area contributed by atoms with Gasteiger partial charge in [0.25, 0.3) is 0 Å². The maximum atomic E-state index is 12.9. The minimum atomic E-state index is -0.422. The molecule has 2 amide bonds. The second-order valence-corrected chi connectivity index (χ2v) is 7.63. The first-order chi connectivity index (χ1) is 13.8. The molecule has 3 rings (SSSR count). The molecule has 29 heavy (non-hydrogen) atoms. The van der Waals surface area contributed by atoms with Crippen LogP contribution in [0.1, 0.15) is 37.3 Å². The Morgan fingerprint density at radius 1 is 1.17 bits per heavy atom. The molecule has 0 saturated carbocycles. The topological polar surface area (TPSA) is 67.9 Å². The summed E-state index contributed by atoms with van der Waals surface area (Å²) in [5.74, 6) is 0.804. The highest BCUT2D eigenvalue weighted by Gasteiger charge is 2.37. The number of para-hydroxylation sites is 1. The van der Waals surface area contributed by atoms with Gasteiger partial charge in [-0.05, 0) is 36.1 Å². The quantitative estimate of drug-likeness (QED) is 0.797. The standard InChI is InChI=1S/C23H28N2O4/c1-14(2)18-8-6-7-15(3)22(18)25-13-16(11-21(25)26)23(27)24-19-10-9-17(28-4)12-20(19)29-5/h6-10,12,14,16H,11,13H2,1-5H3,(H,24,27). The molecular weight excluding hydrogens is 368 g/mol. The molecule has 0 aliphatic carbocycles. The Hall–Kier alpha value is -3.02. The number of hydrogen-bond acceptors (Lipinski definition) is 4. The summed E-state index contributed by atoms with van der Waals surface area (Å²) < 4.78 is 10.5. The van der Waals surface area contributed by atoms with Crippen LogP contribution in [0, 0.1) is 12.8 Å². The van der Waals surface area contributed by atoms with Crippen LogP contribution in [0.5, 0.6) is 11.5 Å². The fourth-order valence-electron chi connectivity index (χ4n) is 3.75. The van der Waals surface area contributed by atoms with E-state index in [9.17, 15) is 9.59 Å². The van der Waals surface area contributed by atoms with Crippen molar-refractivity contribution in [2.24, 2.45) is 5.92 Å². The van der Waals surface area contributed by atoms with Crippen molar-refractivity contribution in [1.29, 1.82) is 0 Å². The highest BCUT2D eigenvalue weighted by molar-refractivity contribution is 6.04. The number of ether oxygens (including phenoxy) is 2. The number of nitrogens with one attached hydrogen (secondary N) is 1. The first-order valence-electron chi connectivity index (χ1n) is 9.78. The first kappa shape index (κ1) is 20.7. The summed E-state index contributed by atoms with van der Waals surface area (Å²) in [4.78, 5) is 27.4. The average Bonchev–Trinajstić information content (AvgIpc) is 3.09. The van der Waals surface area contributed by atoms with Gasteiger partial charge in [-0.3, -0.25) is 9.59 Å². The molecule has 0 aromatic heterocycles. The van der Waals surface area contributed by atoms with E-state index in [-0.39, 0.29) is 24.2 Å². The van der Waals surface area contributed by atoms with Gasteiger partial charge in [0.05, 0.1) is 25.8 Å². The second kappa shape index (κ2) is 8.55. The third-order valence-corrected chi connectivity index (χ3v) is 5.32. The van der Waals surface area contributed by atoms with Gasteiger partial charge in [0.15, 0.2) is 0 Å². The van der Waals surface area contributed by atoms with Crippen LogP contribution >= 0.6 is 0 Å². The van der Waals surface area contributed by atoms with E-state index in [1.807, 2.05) is 19.1 Å². The van der Waals surface area contributed by atoms with Crippen LogP contribution < -0.4 is 19.7 Å². The largest absolute Gasteiger partial charge is 0.497 e. The highest BCUT2D eigenvalue weighted by atomic mass is 16.5. The lowest BCUT2D eigenvalue weighted by atomic mass is 9.97. The zero-order valence-electron chi connectivity index (χ0n) is 17.6. The summed E-state index contributed by atoms with van der Waals surface area (Å²) in [6, 6.07) is 11.3. The van der Waals surface area contributed by atoms with Gasteiger partial charge in [-0.15, -0.1) is 0 Å². The molecule has 1 aliphatic heterocycles. The minimum Gasteiger partial charge on any atom is -0.497 e. The maximum absolute atomic E-state index is 12.9. The Morgan fingerprint density at radius 2 is 1.93 bits per heavy atom. The molecule has 1 heterocycles. The van der Waals surface area contributed by atoms with Crippen molar-refractivity contribution in [1.82, 2.24) is 0 Å². The second-order valence-electron chi connectivity index (χ2n) is 7.63. The lowest BCUT2D eigenvalue weighted by Crippen LogP contribution is -2.29. The molecule has 1 fully saturated rings. The van der Waals surface area contributed by atoms with E-state index in [2.05, 4.69) is 25.2 Å². The summed E-state index contributed by atoms with van der Waals surface area (Å²) in [6.45, 7) is 6.59. The summed E-state index contributed by atoms with van der Waals surface area (Å²) >= 11 is 0. The van der Waals surface area contributed by atoms with Crippen LogP contribution in [-0.2, 0) is 9.59 Å². The molecule has 2 aromatic rings. The Morgan fingerprint density at radius 3 is 2.59 bits per heavy atom. The minimum absolute atomic E-state index is 0.0250. The number of hydrogen-bond donors (Lipinski definition) is 1. The van der Waals surface area contributed by atoms with E-state index < -0.39 is 5.92 Å². The van der Waals surface area contributed by atoms with Crippen molar-refractivity contribution in [2.75, 3.05) is 31.0 Å². The predicted octanol–water partition coefficient (Wildman–Crippen LogP) is 4.13. The summed E-state index contributed by atoms with van der Waals surface area (Å²) in [5, 5.41) is 2.90. The van der Waals surface area contributed by atoms with Crippen LogP contribution in [0.3, 0.4) is 0 Å². The van der Waals surface area contributed by atoms with Crippen molar-refractivity contribution in [3.05, 3.63) is 47.5 Å². The van der Waals surface area contributed by atoms with Gasteiger partial charge in [0, 0.05) is 24.7 Å². The molecule has 0 spiro atoms. The highest BCUT2D eigenvalue weighted by Crippen LogP contribution is 2.36. The van der Waals surface area contributed by atoms with Gasteiger partial charge in [0.1, 0.15) is 11.5 Å². The number of rotatable bonds is 6. The Bertz CT molecular complexity index is 923. The van der Waals surface area contributed by atoms with Crippen molar-refractivity contribution >= 4 is 23.2 Å². The summed E-state index contributed by atoms with van der Waals surface area (Å²) in [7, 11) is 3.11. The molecule has 0 bridgehead atoms. The molecule has 0 radical (unpaired) electrons. The molecule has 1 atom stereocenters. The zero-order chi connectivity index (χ0) is 21.1. The maximum Gasteiger partial charge on any atom is 0.229 e. The molecule has 1 unspecified atom stereocenters. The Balaban J connectivity index is 1.80. The monoisotopic (exact) mass is 396 g/mol. The normalized spacial score (nSPS) is 16.3. The average molecular weight is 396 g/mol. The number of methoxy groups -OCH3 is 2. The van der Waals surface area contributed by atoms with Crippen LogP contribution in [0.4, 0.5) is 11.4 Å². The van der Waals surface area contributed by atoms with Crippen molar-refractivity contribution < 1.29 is 19.1 Å². The third kappa shape index (κ3) is 4.21. The number of carbonyl (C=O) groups is 2. The number of anilines is 2. The molecule has 6 heteroatoms. The van der Waals surface area contributed by atoms with E-state index in [4.69, 9.17) is 9.47 Å². The number of carbonyl (C=O) groups excluding carboxylic acids is 2. The van der Waals surface area contributed by atoms with Gasteiger partial charge in [0.2, 0.25) is 11.8 Å². The molecular formula is C23H28N2O4. The zero-order valence-corrected chi connectivity index (χ0v) is 17.6. The van der Waals surface area contributed by atoms with Crippen molar-refractivity contribution in [3.8, 4) is 11.5 Å². The van der Waals surface area contributed by atoms with Gasteiger partial charge in [-0.25, -0.2) is 0 Å². The van der Waals surface area contributed by atoms with Crippen molar-refractivity contribution in [3.63, 3.8) is 0 Å². The fraction of sp³-hybridized carbons (Fsp3) is 0.391. The van der Waals surface area contributed by atoms with E-state index in [0.717, 1.165) is 16.8 Å². The van der Waals surface area contributed by atoms with E-state index in [1.165, 1.54) is 7.11 Å². The van der Waals surface area contributed by atoms with Gasteiger partial charge < -0.3 is 19.7 Å². The smallest absolute Gasteiger partial charge is 0.229 e. The number of nitrogens with zero attached hydrogens (tertiary/aromatic N) is 1. The number of aryl methyl sites for hydroxylation is 1. The number of benzene rings is 2. The molecule has 1 aliphatic rings. The first-order valence-corrected chi connectivity index (χ1v) is 9.78. The summed E-state index contributed by atoms with van der Waals surface area (Å²) in [5.41, 5.74) is 3.66. The lowest BCUT2D eigenvalue weighted by Gasteiger charge is -2.24. The van der Waals surface area contributed by atoms with Gasteiger partial charge in [-0.1, -0.05) is 32.0 Å².